The Morgan fingerprint density at radius 3 is 2.06 bits per heavy atom. The smallest absolute Gasteiger partial charge is 0.265 e. The number of amides is 2. The van der Waals surface area contributed by atoms with E-state index in [4.69, 9.17) is 17.0 Å². The lowest BCUT2D eigenvalue weighted by Crippen LogP contribution is -2.55. The minimum absolute atomic E-state index is 0.0978. The largest absolute Gasteiger partial charge is 0.504 e. The van der Waals surface area contributed by atoms with E-state index in [9.17, 15) is 9.59 Å². The highest BCUT2D eigenvalue weighted by Gasteiger charge is 2.37. The first-order valence-corrected chi connectivity index (χ1v) is 6.06. The van der Waals surface area contributed by atoms with Gasteiger partial charge in [-0.1, -0.05) is 0 Å². The molecule has 0 bridgehead atoms. The molecule has 1 rings (SSSR count). The van der Waals surface area contributed by atoms with Crippen LogP contribution >= 0.6 is 12.2 Å². The average Bonchev–Trinajstić information content (AvgIpc) is 2.34. The van der Waals surface area contributed by atoms with Crippen LogP contribution < -0.4 is 0 Å². The molecular formula is C12H16N2O3S. The number of likely N-dealkylation sites (N-methyl/N-ethyl adjacent to an activating group) is 2. The molecule has 1 saturated heterocycles. The maximum absolute atomic E-state index is 12.1. The molecule has 1 fully saturated rings. The van der Waals surface area contributed by atoms with Gasteiger partial charge in [0.2, 0.25) is 0 Å². The molecule has 0 aromatic rings. The zero-order valence-electron chi connectivity index (χ0n) is 10.7. The van der Waals surface area contributed by atoms with E-state index in [0.717, 1.165) is 0 Å². The molecule has 98 valence electrons. The van der Waals surface area contributed by atoms with Crippen LogP contribution in [0.15, 0.2) is 24.0 Å². The summed E-state index contributed by atoms with van der Waals surface area (Å²) in [5.41, 5.74) is 0.0978. The summed E-state index contributed by atoms with van der Waals surface area (Å²) >= 11 is 5.13. The quantitative estimate of drug-likeness (QED) is 0.331. The fourth-order valence-corrected chi connectivity index (χ4v) is 2.04. The highest BCUT2D eigenvalue weighted by atomic mass is 32.1. The molecule has 5 nitrogen and oxygen atoms in total. The summed E-state index contributed by atoms with van der Waals surface area (Å²) in [4.78, 5) is 27.0. The normalized spacial score (nSPS) is 16.8. The summed E-state index contributed by atoms with van der Waals surface area (Å²) in [6.07, 6.45) is 4.36. The lowest BCUT2D eigenvalue weighted by molar-refractivity contribution is -0.133. The zero-order valence-corrected chi connectivity index (χ0v) is 11.5. The molecule has 6 heteroatoms. The van der Waals surface area contributed by atoms with Gasteiger partial charge in [-0.25, -0.2) is 0 Å². The van der Waals surface area contributed by atoms with E-state index in [1.807, 2.05) is 13.8 Å². The number of nitrogens with zero attached hydrogens (tertiary/aromatic N) is 2. The topological polar surface area (TPSA) is 49.9 Å². The molecule has 0 radical (unpaired) electrons. The Hall–Kier alpha value is -1.69. The lowest BCUT2D eigenvalue weighted by Gasteiger charge is -2.35. The number of hydrogen-bond acceptors (Lipinski definition) is 4. The number of rotatable bonds is 4. The molecule has 0 atom stereocenters. The third kappa shape index (κ3) is 2.59. The van der Waals surface area contributed by atoms with Crippen molar-refractivity contribution >= 4 is 29.1 Å². The standard InChI is InChI=1S/C12H16N2O3S/c1-4-13-10(15)9(7-6-8-17-3)11(16)14(5-2)12(13)18/h6-8H,4-5H2,1-3H3. The van der Waals surface area contributed by atoms with Crippen molar-refractivity contribution in [3.05, 3.63) is 24.0 Å². The Kier molecular flexibility index (Phi) is 5.03. The maximum atomic E-state index is 12.1. The first kappa shape index (κ1) is 14.4. The van der Waals surface area contributed by atoms with Gasteiger partial charge in [0.15, 0.2) is 5.11 Å². The summed E-state index contributed by atoms with van der Waals surface area (Å²) in [6.45, 7) is 4.51. The van der Waals surface area contributed by atoms with Gasteiger partial charge in [-0.05, 0) is 38.2 Å². The van der Waals surface area contributed by atoms with Gasteiger partial charge in [-0.15, -0.1) is 0 Å². The second-order valence-electron chi connectivity index (χ2n) is 3.53. The van der Waals surface area contributed by atoms with Crippen molar-refractivity contribution in [3.8, 4) is 0 Å². The molecule has 0 aliphatic carbocycles. The fraction of sp³-hybridized carbons (Fsp3) is 0.417. The molecule has 18 heavy (non-hydrogen) atoms. The first-order chi connectivity index (χ1) is 8.58. The van der Waals surface area contributed by atoms with Crippen molar-refractivity contribution in [2.75, 3.05) is 20.2 Å². The van der Waals surface area contributed by atoms with Gasteiger partial charge in [0, 0.05) is 13.1 Å². The molecule has 0 spiro atoms. The van der Waals surface area contributed by atoms with Crippen molar-refractivity contribution in [1.82, 2.24) is 9.80 Å². The molecule has 1 heterocycles. The molecular weight excluding hydrogens is 252 g/mol. The van der Waals surface area contributed by atoms with Crippen LogP contribution in [0.25, 0.3) is 0 Å². The monoisotopic (exact) mass is 268 g/mol. The van der Waals surface area contributed by atoms with E-state index in [1.165, 1.54) is 35.3 Å². The second-order valence-corrected chi connectivity index (χ2v) is 3.89. The Labute approximate surface area is 112 Å². The first-order valence-electron chi connectivity index (χ1n) is 5.65. The van der Waals surface area contributed by atoms with E-state index in [1.54, 1.807) is 0 Å². The van der Waals surface area contributed by atoms with Crippen molar-refractivity contribution < 1.29 is 14.3 Å². The Morgan fingerprint density at radius 1 is 1.17 bits per heavy atom. The van der Waals surface area contributed by atoms with Gasteiger partial charge in [0.05, 0.1) is 13.4 Å². The molecule has 0 N–H and O–H groups in total. The predicted octanol–water partition coefficient (Wildman–Crippen LogP) is 1.07. The van der Waals surface area contributed by atoms with Gasteiger partial charge in [-0.3, -0.25) is 19.4 Å². The van der Waals surface area contributed by atoms with E-state index >= 15 is 0 Å². The molecule has 0 aromatic heterocycles. The molecule has 0 unspecified atom stereocenters. The van der Waals surface area contributed by atoms with Crippen LogP contribution in [0.5, 0.6) is 0 Å². The van der Waals surface area contributed by atoms with Crippen LogP contribution in [0.3, 0.4) is 0 Å². The van der Waals surface area contributed by atoms with Crippen LogP contribution in [0, 0.1) is 0 Å². The number of carbonyl (C=O) groups is 2. The highest BCUT2D eigenvalue weighted by molar-refractivity contribution is 7.80. The number of methoxy groups -OCH3 is 1. The van der Waals surface area contributed by atoms with Crippen LogP contribution in [-0.4, -0.2) is 46.9 Å². The minimum Gasteiger partial charge on any atom is -0.504 e. The molecule has 0 aromatic carbocycles. The second kappa shape index (κ2) is 6.30. The number of thiocarbonyl (C=S) groups is 1. The average molecular weight is 268 g/mol. The van der Waals surface area contributed by atoms with Gasteiger partial charge < -0.3 is 4.74 Å². The van der Waals surface area contributed by atoms with Gasteiger partial charge in [0.1, 0.15) is 5.57 Å². The van der Waals surface area contributed by atoms with Crippen molar-refractivity contribution in [2.45, 2.75) is 13.8 Å². The number of ether oxygens (including phenoxy) is 1. The predicted molar refractivity (Wildman–Crippen MR) is 71.6 cm³/mol. The maximum Gasteiger partial charge on any atom is 0.265 e. The van der Waals surface area contributed by atoms with Crippen molar-refractivity contribution in [1.29, 1.82) is 0 Å². The summed E-state index contributed by atoms with van der Waals surface area (Å²) in [5.74, 6) is -0.726. The summed E-state index contributed by atoms with van der Waals surface area (Å²) in [7, 11) is 1.49. The molecule has 0 saturated carbocycles. The van der Waals surface area contributed by atoms with E-state index < -0.39 is 0 Å². The van der Waals surface area contributed by atoms with Crippen LogP contribution in [0.4, 0.5) is 0 Å². The zero-order chi connectivity index (χ0) is 13.7. The number of allylic oxidation sites excluding steroid dienone is 2. The van der Waals surface area contributed by atoms with Crippen molar-refractivity contribution in [3.63, 3.8) is 0 Å². The van der Waals surface area contributed by atoms with Crippen LogP contribution in [0.1, 0.15) is 13.8 Å². The SMILES string of the molecule is CCN1C(=O)C(=CC=COC)C(=O)N(CC)C1=S. The summed E-state index contributed by atoms with van der Waals surface area (Å²) in [5, 5.41) is 0.267. The van der Waals surface area contributed by atoms with Gasteiger partial charge >= 0.3 is 0 Å². The molecule has 2 amide bonds. The van der Waals surface area contributed by atoms with E-state index in [-0.39, 0.29) is 22.5 Å². The van der Waals surface area contributed by atoms with Crippen LogP contribution in [-0.2, 0) is 14.3 Å². The lowest BCUT2D eigenvalue weighted by atomic mass is 10.1. The summed E-state index contributed by atoms with van der Waals surface area (Å²) < 4.78 is 4.73. The Bertz CT molecular complexity index is 401. The minimum atomic E-state index is -0.363. The van der Waals surface area contributed by atoms with Gasteiger partial charge in [-0.2, -0.15) is 0 Å². The number of carbonyl (C=O) groups excluding carboxylic acids is 2. The third-order valence-electron chi connectivity index (χ3n) is 2.52. The molecule has 1 aliphatic heterocycles. The Morgan fingerprint density at radius 2 is 1.67 bits per heavy atom. The molecule has 1 aliphatic rings. The highest BCUT2D eigenvalue weighted by Crippen LogP contribution is 2.17. The van der Waals surface area contributed by atoms with Crippen molar-refractivity contribution in [2.24, 2.45) is 0 Å². The fourth-order valence-electron chi connectivity index (χ4n) is 1.62. The van der Waals surface area contributed by atoms with E-state index in [2.05, 4.69) is 0 Å². The van der Waals surface area contributed by atoms with Crippen LogP contribution in [0.2, 0.25) is 0 Å². The number of hydrogen-bond donors (Lipinski definition) is 0. The Balaban J connectivity index is 3.13. The third-order valence-corrected chi connectivity index (χ3v) is 2.96. The van der Waals surface area contributed by atoms with Gasteiger partial charge in [0.25, 0.3) is 11.8 Å². The summed E-state index contributed by atoms with van der Waals surface area (Å²) in [6, 6.07) is 0. The van der Waals surface area contributed by atoms with E-state index in [0.29, 0.717) is 13.1 Å².